The van der Waals surface area contributed by atoms with E-state index in [2.05, 4.69) is 15.6 Å². The van der Waals surface area contributed by atoms with E-state index >= 15 is 0 Å². The summed E-state index contributed by atoms with van der Waals surface area (Å²) in [7, 11) is 1.41. The maximum atomic E-state index is 13.7. The van der Waals surface area contributed by atoms with Crippen LogP contribution in [-0.2, 0) is 4.79 Å². The van der Waals surface area contributed by atoms with Gasteiger partial charge in [-0.25, -0.2) is 14.2 Å². The molecule has 0 saturated heterocycles. The van der Waals surface area contributed by atoms with E-state index in [4.69, 9.17) is 4.74 Å². The predicted molar refractivity (Wildman–Crippen MR) is 136 cm³/mol. The van der Waals surface area contributed by atoms with Gasteiger partial charge in [-0.15, -0.1) is 0 Å². The van der Waals surface area contributed by atoms with E-state index in [1.807, 2.05) is 0 Å². The molecule has 0 radical (unpaired) electrons. The number of ketones is 1. The third kappa shape index (κ3) is 5.81. The molecule has 2 amide bonds. The fourth-order valence-electron chi connectivity index (χ4n) is 3.90. The monoisotopic (exact) mass is 502 g/mol. The Kier molecular flexibility index (Phi) is 7.28. The number of hydrogen-bond donors (Lipinski definition) is 3. The first kappa shape index (κ1) is 25.1. The van der Waals surface area contributed by atoms with Crippen LogP contribution in [-0.4, -0.2) is 39.6 Å². The molecule has 4 aromatic rings. The summed E-state index contributed by atoms with van der Waals surface area (Å²) in [4.78, 5) is 41.1. The van der Waals surface area contributed by atoms with Crippen molar-refractivity contribution in [1.82, 2.24) is 9.55 Å². The number of benzene rings is 3. The zero-order valence-corrected chi connectivity index (χ0v) is 20.0. The van der Waals surface area contributed by atoms with Gasteiger partial charge in [0.25, 0.3) is 0 Å². The lowest BCUT2D eigenvalue weighted by molar-refractivity contribution is -0.115. The Morgan fingerprint density at radius 3 is 2.49 bits per heavy atom. The molecule has 0 saturated carbocycles. The second kappa shape index (κ2) is 10.7. The highest BCUT2D eigenvalue weighted by atomic mass is 19.1. The van der Waals surface area contributed by atoms with Crippen molar-refractivity contribution in [2.45, 2.75) is 13.3 Å². The summed E-state index contributed by atoms with van der Waals surface area (Å²) in [6.07, 6.45) is 3.11. The maximum absolute atomic E-state index is 13.7. The zero-order valence-electron chi connectivity index (χ0n) is 20.0. The van der Waals surface area contributed by atoms with Crippen LogP contribution in [0.4, 0.5) is 20.6 Å². The topological polar surface area (TPSA) is 123 Å². The molecular formula is C27H23FN4O5. The third-order valence-electron chi connectivity index (χ3n) is 5.63. The number of Topliss-reactive ketones (excluding diaryl/α,β-unsaturated/α-hetero) is 1. The van der Waals surface area contributed by atoms with Gasteiger partial charge in [0.1, 0.15) is 11.6 Å². The molecule has 188 valence electrons. The van der Waals surface area contributed by atoms with E-state index in [1.54, 1.807) is 60.5 Å². The van der Waals surface area contributed by atoms with Gasteiger partial charge in [-0.1, -0.05) is 18.2 Å². The average Bonchev–Trinajstić information content (AvgIpc) is 3.40. The van der Waals surface area contributed by atoms with E-state index in [9.17, 15) is 23.9 Å². The number of methoxy groups -OCH3 is 1. The minimum atomic E-state index is -1.35. The van der Waals surface area contributed by atoms with Gasteiger partial charge in [0.05, 0.1) is 31.2 Å². The number of anilines is 2. The number of carbonyl (C=O) groups is 3. The van der Waals surface area contributed by atoms with Crippen LogP contribution in [0.5, 0.6) is 5.75 Å². The molecule has 37 heavy (non-hydrogen) atoms. The molecule has 0 aliphatic rings. The number of hydrogen-bond acceptors (Lipinski definition) is 5. The molecule has 1 heterocycles. The zero-order chi connectivity index (χ0) is 26.5. The van der Waals surface area contributed by atoms with Crippen molar-refractivity contribution in [3.63, 3.8) is 0 Å². The Bertz CT molecular complexity index is 1480. The number of amides is 2. The number of aryl methyl sites for hydroxylation is 1. The molecule has 9 nitrogen and oxygen atoms in total. The van der Waals surface area contributed by atoms with Crippen molar-refractivity contribution in [3.05, 3.63) is 90.3 Å². The normalized spacial score (nSPS) is 10.6. The lowest BCUT2D eigenvalue weighted by Crippen LogP contribution is -2.19. The van der Waals surface area contributed by atoms with Crippen LogP contribution in [0.15, 0.2) is 73.3 Å². The first-order valence-corrected chi connectivity index (χ1v) is 11.1. The van der Waals surface area contributed by atoms with Crippen LogP contribution in [0.2, 0.25) is 0 Å². The molecule has 10 heteroatoms. The first-order chi connectivity index (χ1) is 17.7. The van der Waals surface area contributed by atoms with E-state index in [0.717, 1.165) is 0 Å². The average molecular weight is 503 g/mol. The lowest BCUT2D eigenvalue weighted by Gasteiger charge is -2.17. The van der Waals surface area contributed by atoms with Gasteiger partial charge < -0.3 is 19.7 Å². The maximum Gasteiger partial charge on any atom is 0.409 e. The molecule has 3 aromatic carbocycles. The molecule has 0 aliphatic heterocycles. The van der Waals surface area contributed by atoms with Gasteiger partial charge in [-0.3, -0.25) is 14.9 Å². The molecule has 4 rings (SSSR count). The quantitative estimate of drug-likeness (QED) is 0.222. The fourth-order valence-corrected chi connectivity index (χ4v) is 3.90. The molecule has 0 fully saturated rings. The van der Waals surface area contributed by atoms with Gasteiger partial charge in [-0.05, 0) is 48.4 Å². The molecular weight excluding hydrogens is 479 g/mol. The number of nitrogens with one attached hydrogen (secondary N) is 2. The van der Waals surface area contributed by atoms with Crippen molar-refractivity contribution in [3.8, 4) is 22.6 Å². The summed E-state index contributed by atoms with van der Waals surface area (Å²) < 4.78 is 20.8. The van der Waals surface area contributed by atoms with Crippen LogP contribution in [0.25, 0.3) is 16.8 Å². The minimum Gasteiger partial charge on any atom is -0.496 e. The van der Waals surface area contributed by atoms with E-state index < -0.39 is 30.0 Å². The highest BCUT2D eigenvalue weighted by Crippen LogP contribution is 2.39. The van der Waals surface area contributed by atoms with Crippen LogP contribution in [0.3, 0.4) is 0 Å². The Labute approximate surface area is 211 Å². The van der Waals surface area contributed by atoms with E-state index in [0.29, 0.717) is 33.7 Å². The van der Waals surface area contributed by atoms with Gasteiger partial charge in [0, 0.05) is 35.3 Å². The Morgan fingerprint density at radius 2 is 1.81 bits per heavy atom. The highest BCUT2D eigenvalue weighted by Gasteiger charge is 2.19. The van der Waals surface area contributed by atoms with Gasteiger partial charge in [0.2, 0.25) is 5.91 Å². The molecule has 3 N–H and O–H groups in total. The first-order valence-electron chi connectivity index (χ1n) is 11.1. The largest absolute Gasteiger partial charge is 0.496 e. The van der Waals surface area contributed by atoms with E-state index in [-0.39, 0.29) is 11.4 Å². The van der Waals surface area contributed by atoms with Crippen LogP contribution < -0.4 is 15.4 Å². The minimum absolute atomic E-state index is 0.0516. The Morgan fingerprint density at radius 1 is 1.03 bits per heavy atom. The number of ether oxygens (including phenoxy) is 1. The number of carbonyl (C=O) groups excluding carboxylic acids is 2. The summed E-state index contributed by atoms with van der Waals surface area (Å²) in [5.74, 6) is -1.16. The molecule has 1 aromatic heterocycles. The second-order valence-electron chi connectivity index (χ2n) is 8.16. The van der Waals surface area contributed by atoms with Crippen molar-refractivity contribution in [1.29, 1.82) is 0 Å². The molecule has 0 spiro atoms. The number of aromatic nitrogens is 2. The van der Waals surface area contributed by atoms with Crippen molar-refractivity contribution in [2.24, 2.45) is 0 Å². The summed E-state index contributed by atoms with van der Waals surface area (Å²) in [5.41, 5.74) is 2.97. The molecule has 0 aliphatic carbocycles. The van der Waals surface area contributed by atoms with Crippen molar-refractivity contribution < 1.29 is 28.6 Å². The standard InChI is InChI=1S/C27H23FN4O5/c1-16-10-18(28)6-7-20(16)21-12-22(23(31-27(35)36)13-25(21)37-2)30-26(34)14-24(33)17-4-3-5-19(11-17)32-9-8-29-15-32/h3-13,15,31H,14H2,1-2H3,(H,30,34)(H,35,36). The fraction of sp³-hybridized carbons (Fsp3) is 0.111. The smallest absolute Gasteiger partial charge is 0.409 e. The number of halogens is 1. The summed E-state index contributed by atoms with van der Waals surface area (Å²) in [6.45, 7) is 1.72. The Hall–Kier alpha value is -4.99. The van der Waals surface area contributed by atoms with Crippen LogP contribution >= 0.6 is 0 Å². The molecule has 0 atom stereocenters. The van der Waals surface area contributed by atoms with Crippen molar-refractivity contribution in [2.75, 3.05) is 17.7 Å². The van der Waals surface area contributed by atoms with Gasteiger partial charge in [-0.2, -0.15) is 0 Å². The Balaban J connectivity index is 1.62. The number of carboxylic acid groups (broad SMARTS) is 1. The molecule has 0 unspecified atom stereocenters. The van der Waals surface area contributed by atoms with E-state index in [1.165, 1.54) is 31.4 Å². The predicted octanol–water partition coefficient (Wildman–Crippen LogP) is 5.30. The number of imidazole rings is 1. The highest BCUT2D eigenvalue weighted by molar-refractivity contribution is 6.12. The van der Waals surface area contributed by atoms with Crippen LogP contribution in [0, 0.1) is 12.7 Å². The third-order valence-corrected chi connectivity index (χ3v) is 5.63. The van der Waals surface area contributed by atoms with Crippen LogP contribution in [0.1, 0.15) is 22.3 Å². The second-order valence-corrected chi connectivity index (χ2v) is 8.16. The van der Waals surface area contributed by atoms with Crippen molar-refractivity contribution >= 4 is 29.2 Å². The summed E-state index contributed by atoms with van der Waals surface area (Å²) >= 11 is 0. The SMILES string of the molecule is COc1cc(NC(=O)O)c(NC(=O)CC(=O)c2cccc(-n3ccnc3)c2)cc1-c1ccc(F)cc1C. The lowest BCUT2D eigenvalue weighted by atomic mass is 9.98. The number of nitrogens with zero attached hydrogens (tertiary/aromatic N) is 2. The molecule has 0 bridgehead atoms. The number of rotatable bonds is 8. The summed E-state index contributed by atoms with van der Waals surface area (Å²) in [5, 5.41) is 14.1. The summed E-state index contributed by atoms with van der Waals surface area (Å²) in [6, 6.07) is 13.9. The van der Waals surface area contributed by atoms with Gasteiger partial charge in [0.15, 0.2) is 5.78 Å². The van der Waals surface area contributed by atoms with Gasteiger partial charge >= 0.3 is 6.09 Å².